The lowest BCUT2D eigenvalue weighted by Gasteiger charge is -2.23. The van der Waals surface area contributed by atoms with Crippen molar-refractivity contribution in [2.45, 2.75) is 18.9 Å². The molecule has 1 atom stereocenters. The maximum atomic E-state index is 12.7. The van der Waals surface area contributed by atoms with Crippen LogP contribution in [0.3, 0.4) is 0 Å². The van der Waals surface area contributed by atoms with Crippen LogP contribution in [0.2, 0.25) is 0 Å². The highest BCUT2D eigenvalue weighted by molar-refractivity contribution is 6.04. The SMILES string of the molecule is COC(N)=NC1CCc2c(cccc2-c2cncc(OC)n2)C1=O. The van der Waals surface area contributed by atoms with Crippen LogP contribution in [0.15, 0.2) is 35.6 Å². The fourth-order valence-corrected chi connectivity index (χ4v) is 2.82. The topological polar surface area (TPSA) is 99.7 Å². The summed E-state index contributed by atoms with van der Waals surface area (Å²) in [6.07, 6.45) is 4.48. The first-order valence-corrected chi connectivity index (χ1v) is 7.53. The van der Waals surface area contributed by atoms with Gasteiger partial charge in [-0.3, -0.25) is 9.78 Å². The third-order valence-corrected chi connectivity index (χ3v) is 4.00. The van der Waals surface area contributed by atoms with Crippen LogP contribution in [0.4, 0.5) is 0 Å². The molecule has 0 saturated heterocycles. The van der Waals surface area contributed by atoms with Crippen LogP contribution in [-0.4, -0.2) is 42.0 Å². The van der Waals surface area contributed by atoms with Crippen molar-refractivity contribution in [3.63, 3.8) is 0 Å². The summed E-state index contributed by atoms with van der Waals surface area (Å²) in [6, 6.07) is 5.08. The maximum Gasteiger partial charge on any atom is 0.282 e. The predicted octanol–water partition coefficient (Wildman–Crippen LogP) is 1.61. The number of amidine groups is 1. The summed E-state index contributed by atoms with van der Waals surface area (Å²) in [5, 5.41) is 0. The second kappa shape index (κ2) is 6.66. The van der Waals surface area contributed by atoms with Crippen LogP contribution in [0.5, 0.6) is 5.88 Å². The van der Waals surface area contributed by atoms with Crippen molar-refractivity contribution in [3.05, 3.63) is 41.7 Å². The Morgan fingerprint density at radius 3 is 2.83 bits per heavy atom. The number of aromatic nitrogens is 2. The van der Waals surface area contributed by atoms with Crippen molar-refractivity contribution in [1.82, 2.24) is 9.97 Å². The lowest BCUT2D eigenvalue weighted by Crippen LogP contribution is -2.29. The molecular formula is C17H18N4O3. The first kappa shape index (κ1) is 15.9. The Hall–Kier alpha value is -2.96. The van der Waals surface area contributed by atoms with Gasteiger partial charge in [0.05, 0.1) is 32.3 Å². The van der Waals surface area contributed by atoms with Gasteiger partial charge in [0.25, 0.3) is 6.02 Å². The first-order valence-electron chi connectivity index (χ1n) is 7.53. The van der Waals surface area contributed by atoms with Crippen molar-refractivity contribution in [2.24, 2.45) is 10.7 Å². The van der Waals surface area contributed by atoms with E-state index in [1.54, 1.807) is 25.6 Å². The van der Waals surface area contributed by atoms with Gasteiger partial charge in [0.2, 0.25) is 5.88 Å². The number of methoxy groups -OCH3 is 2. The van der Waals surface area contributed by atoms with E-state index in [1.807, 2.05) is 12.1 Å². The molecule has 1 aromatic heterocycles. The molecule has 1 aliphatic carbocycles. The summed E-state index contributed by atoms with van der Waals surface area (Å²) in [7, 11) is 2.97. The molecule has 1 heterocycles. The lowest BCUT2D eigenvalue weighted by molar-refractivity contribution is 0.0948. The van der Waals surface area contributed by atoms with Crippen molar-refractivity contribution in [1.29, 1.82) is 0 Å². The average molecular weight is 326 g/mol. The molecule has 0 radical (unpaired) electrons. The summed E-state index contributed by atoms with van der Waals surface area (Å²) in [5.41, 5.74) is 8.74. The summed E-state index contributed by atoms with van der Waals surface area (Å²) in [4.78, 5) is 25.4. The Bertz CT molecular complexity index is 804. The fraction of sp³-hybridized carbons (Fsp3) is 0.294. The van der Waals surface area contributed by atoms with Gasteiger partial charge in [-0.15, -0.1) is 0 Å². The molecular weight excluding hydrogens is 308 g/mol. The molecule has 0 spiro atoms. The van der Waals surface area contributed by atoms with Gasteiger partial charge in [-0.05, 0) is 18.4 Å². The number of nitrogens with two attached hydrogens (primary N) is 1. The molecule has 24 heavy (non-hydrogen) atoms. The number of ether oxygens (including phenoxy) is 2. The molecule has 0 amide bonds. The number of hydrogen-bond acceptors (Lipinski definition) is 6. The summed E-state index contributed by atoms with van der Waals surface area (Å²) < 4.78 is 9.98. The number of fused-ring (bicyclic) bond motifs is 1. The number of rotatable bonds is 3. The zero-order valence-corrected chi connectivity index (χ0v) is 13.5. The van der Waals surface area contributed by atoms with Crippen LogP contribution in [0, 0.1) is 0 Å². The predicted molar refractivity (Wildman–Crippen MR) is 89.1 cm³/mol. The Morgan fingerprint density at radius 2 is 2.08 bits per heavy atom. The third kappa shape index (κ3) is 2.92. The normalized spacial score (nSPS) is 17.3. The molecule has 0 bridgehead atoms. The highest BCUT2D eigenvalue weighted by Gasteiger charge is 2.29. The lowest BCUT2D eigenvalue weighted by atomic mass is 9.84. The van der Waals surface area contributed by atoms with E-state index in [1.165, 1.54) is 7.11 Å². The number of benzene rings is 1. The average Bonchev–Trinajstić information content (AvgIpc) is 2.63. The number of ketones is 1. The minimum absolute atomic E-state index is 0.0200. The minimum Gasteiger partial charge on any atom is -0.480 e. The van der Waals surface area contributed by atoms with Gasteiger partial charge in [0.15, 0.2) is 5.78 Å². The van der Waals surface area contributed by atoms with Crippen molar-refractivity contribution >= 4 is 11.8 Å². The number of Topliss-reactive ketones (excluding diaryl/α,β-unsaturated/α-hetero) is 1. The van der Waals surface area contributed by atoms with Gasteiger partial charge >= 0.3 is 0 Å². The van der Waals surface area contributed by atoms with Crippen molar-refractivity contribution < 1.29 is 14.3 Å². The summed E-state index contributed by atoms with van der Waals surface area (Å²) in [5.74, 6) is 0.372. The number of carbonyl (C=O) groups is 1. The molecule has 0 saturated carbocycles. The number of carbonyl (C=O) groups excluding carboxylic acids is 1. The molecule has 7 heteroatoms. The molecule has 0 aliphatic heterocycles. The third-order valence-electron chi connectivity index (χ3n) is 4.00. The van der Waals surface area contributed by atoms with Gasteiger partial charge < -0.3 is 15.2 Å². The summed E-state index contributed by atoms with van der Waals surface area (Å²) in [6.45, 7) is 0. The van der Waals surface area contributed by atoms with Crippen molar-refractivity contribution in [2.75, 3.05) is 14.2 Å². The molecule has 124 valence electrons. The molecule has 1 unspecified atom stereocenters. The zero-order valence-electron chi connectivity index (χ0n) is 13.5. The molecule has 0 fully saturated rings. The maximum absolute atomic E-state index is 12.7. The summed E-state index contributed by atoms with van der Waals surface area (Å²) >= 11 is 0. The Kier molecular flexibility index (Phi) is 4.41. The molecule has 7 nitrogen and oxygen atoms in total. The van der Waals surface area contributed by atoms with E-state index in [0.717, 1.165) is 11.1 Å². The number of nitrogens with zero attached hydrogens (tertiary/aromatic N) is 3. The van der Waals surface area contributed by atoms with Crippen LogP contribution in [0.1, 0.15) is 22.3 Å². The van der Waals surface area contributed by atoms with Gasteiger partial charge in [-0.2, -0.15) is 0 Å². The standard InChI is InChI=1S/C17H18N4O3/c1-23-15-9-19-8-14(20-15)11-4-3-5-12-10(11)6-7-13(16(12)22)21-17(18)24-2/h3-5,8-9,13H,6-7H2,1-2H3,(H2,18,21). The second-order valence-corrected chi connectivity index (χ2v) is 5.37. The molecule has 2 N–H and O–H groups in total. The van der Waals surface area contributed by atoms with Gasteiger partial charge in [0, 0.05) is 11.1 Å². The first-order chi connectivity index (χ1) is 11.6. The van der Waals surface area contributed by atoms with Gasteiger partial charge in [0.1, 0.15) is 6.04 Å². The fourth-order valence-electron chi connectivity index (χ4n) is 2.82. The van der Waals surface area contributed by atoms with E-state index < -0.39 is 6.04 Å². The van der Waals surface area contributed by atoms with Crippen molar-refractivity contribution in [3.8, 4) is 17.1 Å². The number of hydrogen-bond donors (Lipinski definition) is 1. The smallest absolute Gasteiger partial charge is 0.282 e. The van der Waals surface area contributed by atoms with Crippen LogP contribution < -0.4 is 10.5 Å². The minimum atomic E-state index is -0.510. The Labute approximate surface area is 139 Å². The Balaban J connectivity index is 2.02. The second-order valence-electron chi connectivity index (χ2n) is 5.37. The molecule has 2 aromatic rings. The monoisotopic (exact) mass is 326 g/mol. The van der Waals surface area contributed by atoms with E-state index in [-0.39, 0.29) is 11.8 Å². The molecule has 1 aromatic carbocycles. The Morgan fingerprint density at radius 1 is 1.29 bits per heavy atom. The van der Waals surface area contributed by atoms with E-state index in [2.05, 4.69) is 15.0 Å². The van der Waals surface area contributed by atoms with E-state index >= 15 is 0 Å². The highest BCUT2D eigenvalue weighted by atomic mass is 16.5. The van der Waals surface area contributed by atoms with Gasteiger partial charge in [-0.1, -0.05) is 18.2 Å². The zero-order chi connectivity index (χ0) is 17.1. The van der Waals surface area contributed by atoms with Crippen LogP contribution in [-0.2, 0) is 11.2 Å². The van der Waals surface area contributed by atoms with E-state index in [9.17, 15) is 4.79 Å². The molecule has 1 aliphatic rings. The van der Waals surface area contributed by atoms with Crippen LogP contribution >= 0.6 is 0 Å². The van der Waals surface area contributed by atoms with Gasteiger partial charge in [-0.25, -0.2) is 9.98 Å². The van der Waals surface area contributed by atoms with Crippen LogP contribution in [0.25, 0.3) is 11.3 Å². The quantitative estimate of drug-likeness (QED) is 0.679. The molecule has 3 rings (SSSR count). The van der Waals surface area contributed by atoms with E-state index in [4.69, 9.17) is 15.2 Å². The number of aliphatic imine (C=N–C) groups is 1. The largest absolute Gasteiger partial charge is 0.480 e. The van der Waals surface area contributed by atoms with E-state index in [0.29, 0.717) is 30.0 Å². The highest BCUT2D eigenvalue weighted by Crippen LogP contribution is 2.32.